The number of carbonyl (C=O) groups is 2. The van der Waals surface area contributed by atoms with Crippen LogP contribution in [0.25, 0.3) is 5.69 Å². The maximum atomic E-state index is 13.0. The van der Waals surface area contributed by atoms with Gasteiger partial charge >= 0.3 is 5.97 Å². The molecular weight excluding hydrogens is 289 g/mol. The second-order valence-electron chi connectivity index (χ2n) is 5.13. The van der Waals surface area contributed by atoms with Crippen LogP contribution < -0.4 is 5.56 Å². The van der Waals surface area contributed by atoms with Gasteiger partial charge in [0.2, 0.25) is 0 Å². The summed E-state index contributed by atoms with van der Waals surface area (Å²) in [7, 11) is 0. The van der Waals surface area contributed by atoms with Crippen molar-refractivity contribution in [3.63, 3.8) is 0 Å². The minimum atomic E-state index is -1.35. The summed E-state index contributed by atoms with van der Waals surface area (Å²) in [6.07, 6.45) is 2.61. The molecule has 1 N–H and O–H groups in total. The van der Waals surface area contributed by atoms with Crippen LogP contribution in [0.1, 0.15) is 39.1 Å². The van der Waals surface area contributed by atoms with E-state index in [0.717, 1.165) is 4.57 Å². The van der Waals surface area contributed by atoms with E-state index in [1.165, 1.54) is 30.5 Å². The third kappa shape index (κ3) is 2.22. The molecule has 1 aromatic carbocycles. The molecule has 2 aromatic rings. The Kier molecular flexibility index (Phi) is 3.36. The van der Waals surface area contributed by atoms with Crippen molar-refractivity contribution in [3.8, 4) is 5.69 Å². The van der Waals surface area contributed by atoms with Crippen LogP contribution in [0.15, 0.2) is 35.3 Å². The minimum absolute atomic E-state index is 0.181. The molecule has 0 aliphatic heterocycles. The van der Waals surface area contributed by atoms with E-state index in [2.05, 4.69) is 0 Å². The average molecular weight is 301 g/mol. The predicted molar refractivity (Wildman–Crippen MR) is 76.2 cm³/mol. The van der Waals surface area contributed by atoms with Crippen LogP contribution in [0.3, 0.4) is 0 Å². The van der Waals surface area contributed by atoms with E-state index in [9.17, 15) is 23.9 Å². The Morgan fingerprint density at radius 1 is 1.14 bits per heavy atom. The zero-order valence-electron chi connectivity index (χ0n) is 11.5. The highest BCUT2D eigenvalue weighted by Crippen LogP contribution is 2.23. The Morgan fingerprint density at radius 2 is 1.82 bits per heavy atom. The number of fused-ring (bicyclic) bond motifs is 1. The van der Waals surface area contributed by atoms with Gasteiger partial charge in [0.25, 0.3) is 5.56 Å². The number of rotatable bonds is 2. The molecule has 1 aliphatic carbocycles. The van der Waals surface area contributed by atoms with E-state index < -0.39 is 17.3 Å². The Hall–Kier alpha value is -2.76. The lowest BCUT2D eigenvalue weighted by Gasteiger charge is -2.19. The van der Waals surface area contributed by atoms with Crippen molar-refractivity contribution >= 4 is 11.8 Å². The van der Waals surface area contributed by atoms with E-state index in [1.54, 1.807) is 0 Å². The van der Waals surface area contributed by atoms with E-state index in [0.29, 0.717) is 30.5 Å². The van der Waals surface area contributed by atoms with Crippen LogP contribution in [0.5, 0.6) is 0 Å². The first-order chi connectivity index (χ1) is 10.5. The van der Waals surface area contributed by atoms with Crippen molar-refractivity contribution in [2.24, 2.45) is 0 Å². The highest BCUT2D eigenvalue weighted by molar-refractivity contribution is 6.01. The number of ketones is 1. The summed E-state index contributed by atoms with van der Waals surface area (Å²) in [4.78, 5) is 35.9. The monoisotopic (exact) mass is 301 g/mol. The van der Waals surface area contributed by atoms with Crippen LogP contribution in [0.2, 0.25) is 0 Å². The second-order valence-corrected chi connectivity index (χ2v) is 5.13. The second kappa shape index (κ2) is 5.22. The predicted octanol–water partition coefficient (Wildman–Crippen LogP) is 2.19. The molecule has 0 atom stereocenters. The zero-order valence-corrected chi connectivity index (χ0v) is 11.5. The maximum Gasteiger partial charge on any atom is 0.341 e. The molecule has 6 heteroatoms. The van der Waals surface area contributed by atoms with Crippen LogP contribution >= 0.6 is 0 Å². The summed E-state index contributed by atoms with van der Waals surface area (Å²) in [6, 6.07) is 5.07. The number of nitrogens with zero attached hydrogens (tertiary/aromatic N) is 1. The standard InChI is InChI=1S/C16H12FNO4/c17-9-4-6-10(7-5-9)18-8-12-11(2-1-3-13(12)19)14(15(18)20)16(21)22/h4-8H,1-3H2,(H,21,22). The van der Waals surface area contributed by atoms with Gasteiger partial charge in [0.15, 0.2) is 5.78 Å². The molecule has 0 bridgehead atoms. The topological polar surface area (TPSA) is 76.4 Å². The molecule has 22 heavy (non-hydrogen) atoms. The molecule has 1 heterocycles. The number of pyridine rings is 1. The van der Waals surface area contributed by atoms with E-state index in [4.69, 9.17) is 0 Å². The molecule has 0 spiro atoms. The Balaban J connectivity index is 2.32. The van der Waals surface area contributed by atoms with Gasteiger partial charge in [-0.05, 0) is 42.7 Å². The fraction of sp³-hybridized carbons (Fsp3) is 0.188. The fourth-order valence-electron chi connectivity index (χ4n) is 2.72. The summed E-state index contributed by atoms with van der Waals surface area (Å²) in [6.45, 7) is 0. The van der Waals surface area contributed by atoms with Crippen LogP contribution in [-0.4, -0.2) is 21.4 Å². The lowest BCUT2D eigenvalue weighted by Crippen LogP contribution is -2.31. The summed E-state index contributed by atoms with van der Waals surface area (Å²) in [5.41, 5.74) is -0.225. The summed E-state index contributed by atoms with van der Waals surface area (Å²) >= 11 is 0. The number of hydrogen-bond donors (Lipinski definition) is 1. The molecule has 0 radical (unpaired) electrons. The highest BCUT2D eigenvalue weighted by Gasteiger charge is 2.27. The molecule has 112 valence electrons. The molecular formula is C16H12FNO4. The number of carboxylic acid groups (broad SMARTS) is 1. The lowest BCUT2D eigenvalue weighted by atomic mass is 9.89. The molecule has 1 aliphatic rings. The Bertz CT molecular complexity index is 836. The number of Topliss-reactive ketones (excluding diaryl/α,β-unsaturated/α-hetero) is 1. The molecule has 0 unspecified atom stereocenters. The summed E-state index contributed by atoms with van der Waals surface area (Å²) in [5.74, 6) is -2.00. The van der Waals surface area contributed by atoms with Gasteiger partial charge in [-0.15, -0.1) is 0 Å². The van der Waals surface area contributed by atoms with Gasteiger partial charge in [-0.3, -0.25) is 14.2 Å². The number of aromatic nitrogens is 1. The number of carboxylic acids is 1. The first-order valence-electron chi connectivity index (χ1n) is 6.80. The molecule has 0 amide bonds. The number of halogens is 1. The van der Waals surface area contributed by atoms with Gasteiger partial charge in [-0.2, -0.15) is 0 Å². The Labute approximate surface area is 124 Å². The number of carbonyl (C=O) groups excluding carboxylic acids is 1. The van der Waals surface area contributed by atoms with E-state index in [-0.39, 0.29) is 16.9 Å². The molecule has 5 nitrogen and oxygen atoms in total. The van der Waals surface area contributed by atoms with Gasteiger partial charge in [-0.25, -0.2) is 9.18 Å². The minimum Gasteiger partial charge on any atom is -0.477 e. The fourth-order valence-corrected chi connectivity index (χ4v) is 2.72. The van der Waals surface area contributed by atoms with Gasteiger partial charge in [0.05, 0.1) is 0 Å². The van der Waals surface area contributed by atoms with Crippen molar-refractivity contribution in [2.75, 3.05) is 0 Å². The Morgan fingerprint density at radius 3 is 2.45 bits per heavy atom. The van der Waals surface area contributed by atoms with E-state index in [1.807, 2.05) is 0 Å². The van der Waals surface area contributed by atoms with Crippen molar-refractivity contribution in [1.29, 1.82) is 0 Å². The van der Waals surface area contributed by atoms with Crippen molar-refractivity contribution in [2.45, 2.75) is 19.3 Å². The first kappa shape index (κ1) is 14.2. The highest BCUT2D eigenvalue weighted by atomic mass is 19.1. The molecule has 3 rings (SSSR count). The number of aromatic carboxylic acids is 1. The molecule has 0 fully saturated rings. The smallest absolute Gasteiger partial charge is 0.341 e. The number of benzene rings is 1. The average Bonchev–Trinajstić information content (AvgIpc) is 2.47. The van der Waals surface area contributed by atoms with Crippen molar-refractivity contribution in [3.05, 3.63) is 63.3 Å². The third-order valence-corrected chi connectivity index (χ3v) is 3.77. The first-order valence-corrected chi connectivity index (χ1v) is 6.80. The van der Waals surface area contributed by atoms with Gasteiger partial charge in [0, 0.05) is 23.9 Å². The van der Waals surface area contributed by atoms with E-state index >= 15 is 0 Å². The third-order valence-electron chi connectivity index (χ3n) is 3.77. The van der Waals surface area contributed by atoms with Crippen LogP contribution in [-0.2, 0) is 6.42 Å². The quantitative estimate of drug-likeness (QED) is 0.922. The van der Waals surface area contributed by atoms with Gasteiger partial charge < -0.3 is 5.11 Å². The molecule has 1 aromatic heterocycles. The SMILES string of the molecule is O=C1CCCc2c1cn(-c1ccc(F)cc1)c(=O)c2C(=O)O. The summed E-state index contributed by atoms with van der Waals surface area (Å²) in [5, 5.41) is 9.34. The molecule has 0 saturated heterocycles. The van der Waals surface area contributed by atoms with Crippen molar-refractivity contribution in [1.82, 2.24) is 4.57 Å². The largest absolute Gasteiger partial charge is 0.477 e. The maximum absolute atomic E-state index is 13.0. The van der Waals surface area contributed by atoms with Gasteiger partial charge in [-0.1, -0.05) is 0 Å². The normalized spacial score (nSPS) is 13.8. The van der Waals surface area contributed by atoms with Crippen LogP contribution in [0.4, 0.5) is 4.39 Å². The van der Waals surface area contributed by atoms with Crippen LogP contribution in [0, 0.1) is 5.82 Å². The zero-order chi connectivity index (χ0) is 15.9. The van der Waals surface area contributed by atoms with Gasteiger partial charge in [0.1, 0.15) is 11.4 Å². The molecule has 0 saturated carbocycles. The number of hydrogen-bond acceptors (Lipinski definition) is 3. The summed E-state index contributed by atoms with van der Waals surface area (Å²) < 4.78 is 14.1. The van der Waals surface area contributed by atoms with Crippen molar-refractivity contribution < 1.29 is 19.1 Å². The lowest BCUT2D eigenvalue weighted by molar-refractivity contribution is 0.0693.